The maximum Gasteiger partial charge on any atom is 0.219 e. The molecule has 6 heteroatoms. The van der Waals surface area contributed by atoms with E-state index < -0.39 is 0 Å². The van der Waals surface area contributed by atoms with Crippen molar-refractivity contribution in [2.24, 2.45) is 0 Å². The third-order valence-electron chi connectivity index (χ3n) is 4.34. The summed E-state index contributed by atoms with van der Waals surface area (Å²) in [4.78, 5) is 13.1. The molecule has 1 aliphatic rings. The number of ether oxygens (including phenoxy) is 1. The zero-order valence-electron chi connectivity index (χ0n) is 14.1. The van der Waals surface area contributed by atoms with E-state index in [9.17, 15) is 9.90 Å². The summed E-state index contributed by atoms with van der Waals surface area (Å²) in [5.41, 5.74) is 0.955. The van der Waals surface area contributed by atoms with Crippen LogP contribution in [0.25, 0.3) is 0 Å². The first kappa shape index (κ1) is 16.9. The van der Waals surface area contributed by atoms with Crippen LogP contribution < -0.4 is 4.74 Å². The number of phenolic OH excluding ortho intramolecular Hbond substituents is 1. The molecule has 0 bridgehead atoms. The van der Waals surface area contributed by atoms with Crippen molar-refractivity contribution in [1.82, 2.24) is 4.90 Å². The van der Waals surface area contributed by atoms with E-state index in [1.165, 1.54) is 0 Å². The Morgan fingerprint density at radius 3 is 2.88 bits per heavy atom. The lowest BCUT2D eigenvalue weighted by Crippen LogP contribution is -2.28. The maximum atomic E-state index is 11.4. The van der Waals surface area contributed by atoms with E-state index in [1.807, 2.05) is 12.1 Å². The van der Waals surface area contributed by atoms with Gasteiger partial charge in [0.05, 0.1) is 6.54 Å². The number of benzene rings is 1. The fraction of sp³-hybridized carbons (Fsp3) is 0.368. The van der Waals surface area contributed by atoms with Gasteiger partial charge in [-0.1, -0.05) is 6.07 Å². The van der Waals surface area contributed by atoms with Gasteiger partial charge in [-0.25, -0.2) is 0 Å². The molecule has 1 atom stereocenters. The first-order chi connectivity index (χ1) is 12.0. The number of hydrogen-bond donors (Lipinski definition) is 1. The van der Waals surface area contributed by atoms with Gasteiger partial charge in [0.15, 0.2) is 11.5 Å². The molecule has 2 aromatic rings. The van der Waals surface area contributed by atoms with Gasteiger partial charge in [0.2, 0.25) is 11.7 Å². The van der Waals surface area contributed by atoms with Crippen LogP contribution in [0.5, 0.6) is 11.5 Å². The third kappa shape index (κ3) is 4.13. The third-order valence-corrected chi connectivity index (χ3v) is 4.34. The van der Waals surface area contributed by atoms with Crippen molar-refractivity contribution < 1.29 is 19.1 Å². The fourth-order valence-corrected chi connectivity index (χ4v) is 2.95. The van der Waals surface area contributed by atoms with E-state index >= 15 is 0 Å². The first-order valence-corrected chi connectivity index (χ1v) is 8.28. The Labute approximate surface area is 146 Å². The van der Waals surface area contributed by atoms with E-state index in [2.05, 4.69) is 0 Å². The van der Waals surface area contributed by atoms with Gasteiger partial charge in [-0.05, 0) is 36.2 Å². The lowest BCUT2D eigenvalue weighted by molar-refractivity contribution is -0.128. The van der Waals surface area contributed by atoms with Crippen molar-refractivity contribution in [3.63, 3.8) is 0 Å². The number of nitriles is 1. The second kappa shape index (κ2) is 7.31. The minimum Gasteiger partial charge on any atom is -0.504 e. The molecular formula is C19H20N2O4. The molecule has 1 aromatic heterocycles. The molecule has 6 nitrogen and oxygen atoms in total. The van der Waals surface area contributed by atoms with Crippen LogP contribution in [0.3, 0.4) is 0 Å². The highest BCUT2D eigenvalue weighted by Gasteiger charge is 2.26. The Bertz CT molecular complexity index is 806. The van der Waals surface area contributed by atoms with E-state index in [0.717, 1.165) is 17.7 Å². The first-order valence-electron chi connectivity index (χ1n) is 8.28. The minimum absolute atomic E-state index is 0.0446. The number of phenols is 1. The highest BCUT2D eigenvalue weighted by molar-refractivity contribution is 5.73. The number of hydrogen-bond acceptors (Lipinski definition) is 5. The van der Waals surface area contributed by atoms with Crippen molar-refractivity contribution in [2.45, 2.75) is 32.3 Å². The van der Waals surface area contributed by atoms with Crippen molar-refractivity contribution >= 4 is 5.91 Å². The Hall–Kier alpha value is -2.94. The molecule has 0 spiro atoms. The number of amides is 1. The SMILES string of the molecule is CC(=O)N1CC[C@H](Oc2ccc(CCc3ccc(C#N)o3)cc2O)C1. The molecule has 1 amide bonds. The number of rotatable bonds is 5. The fourth-order valence-electron chi connectivity index (χ4n) is 2.95. The van der Waals surface area contributed by atoms with Gasteiger partial charge in [-0.15, -0.1) is 0 Å². The van der Waals surface area contributed by atoms with Gasteiger partial charge in [-0.3, -0.25) is 4.79 Å². The summed E-state index contributed by atoms with van der Waals surface area (Å²) in [6.45, 7) is 2.79. The molecule has 1 aromatic carbocycles. The molecule has 1 N–H and O–H groups in total. The standard InChI is InChI=1S/C19H20N2O4/c1-13(22)21-9-8-17(12-21)25-19-7-3-14(10-18(19)23)2-4-15-5-6-16(11-20)24-15/h3,5-7,10,17,23H,2,4,8-9,12H2,1H3/t17-/m0/s1. The van der Waals surface area contributed by atoms with Crippen LogP contribution in [0, 0.1) is 11.3 Å². The molecule has 1 aliphatic heterocycles. The molecule has 0 aliphatic carbocycles. The second-order valence-corrected chi connectivity index (χ2v) is 6.17. The number of aromatic hydroxyl groups is 1. The predicted molar refractivity (Wildman–Crippen MR) is 90.2 cm³/mol. The summed E-state index contributed by atoms with van der Waals surface area (Å²) in [5, 5.41) is 18.9. The summed E-state index contributed by atoms with van der Waals surface area (Å²) >= 11 is 0. The van der Waals surface area contributed by atoms with Gasteiger partial charge in [-0.2, -0.15) is 5.26 Å². The molecule has 130 valence electrons. The largest absolute Gasteiger partial charge is 0.504 e. The molecule has 2 heterocycles. The average molecular weight is 340 g/mol. The molecule has 0 unspecified atom stereocenters. The monoisotopic (exact) mass is 340 g/mol. The topological polar surface area (TPSA) is 86.7 Å². The molecule has 1 saturated heterocycles. The summed E-state index contributed by atoms with van der Waals surface area (Å²) < 4.78 is 11.2. The van der Waals surface area contributed by atoms with Crippen LogP contribution >= 0.6 is 0 Å². The van der Waals surface area contributed by atoms with Crippen LogP contribution in [-0.2, 0) is 17.6 Å². The number of carbonyl (C=O) groups excluding carboxylic acids is 1. The van der Waals surface area contributed by atoms with Crippen LogP contribution in [0.15, 0.2) is 34.7 Å². The van der Waals surface area contributed by atoms with Crippen molar-refractivity contribution in [2.75, 3.05) is 13.1 Å². The van der Waals surface area contributed by atoms with Gasteiger partial charge >= 0.3 is 0 Å². The van der Waals surface area contributed by atoms with Crippen molar-refractivity contribution in [3.8, 4) is 17.6 Å². The van der Waals surface area contributed by atoms with Crippen molar-refractivity contribution in [1.29, 1.82) is 5.26 Å². The lowest BCUT2D eigenvalue weighted by atomic mass is 10.1. The van der Waals surface area contributed by atoms with Gasteiger partial charge in [0.1, 0.15) is 17.9 Å². The van der Waals surface area contributed by atoms with Crippen LogP contribution in [0.2, 0.25) is 0 Å². The summed E-state index contributed by atoms with van der Waals surface area (Å²) in [5.74, 6) is 1.62. The summed E-state index contributed by atoms with van der Waals surface area (Å²) in [6.07, 6.45) is 2.01. The van der Waals surface area contributed by atoms with Gasteiger partial charge < -0.3 is 19.2 Å². The lowest BCUT2D eigenvalue weighted by Gasteiger charge is -2.16. The van der Waals surface area contributed by atoms with Crippen LogP contribution in [0.1, 0.15) is 30.4 Å². The zero-order valence-corrected chi connectivity index (χ0v) is 14.1. The number of nitrogens with zero attached hydrogens (tertiary/aromatic N) is 2. The van der Waals surface area contributed by atoms with Crippen LogP contribution in [-0.4, -0.2) is 35.1 Å². The minimum atomic E-state index is -0.0897. The van der Waals surface area contributed by atoms with Gasteiger partial charge in [0, 0.05) is 26.3 Å². The zero-order chi connectivity index (χ0) is 17.8. The predicted octanol–water partition coefficient (Wildman–Crippen LogP) is 2.64. The number of furan rings is 1. The molecule has 3 rings (SSSR count). The molecule has 0 radical (unpaired) electrons. The van der Waals surface area contributed by atoms with Crippen molar-refractivity contribution in [3.05, 3.63) is 47.4 Å². The number of aryl methyl sites for hydroxylation is 2. The molecule has 1 fully saturated rings. The van der Waals surface area contributed by atoms with Crippen LogP contribution in [0.4, 0.5) is 0 Å². The second-order valence-electron chi connectivity index (χ2n) is 6.17. The Morgan fingerprint density at radius 2 is 2.24 bits per heavy atom. The number of carbonyl (C=O) groups is 1. The summed E-state index contributed by atoms with van der Waals surface area (Å²) in [7, 11) is 0. The van der Waals surface area contributed by atoms with E-state index in [4.69, 9.17) is 14.4 Å². The maximum absolute atomic E-state index is 11.4. The quantitative estimate of drug-likeness (QED) is 0.904. The highest BCUT2D eigenvalue weighted by Crippen LogP contribution is 2.30. The van der Waals surface area contributed by atoms with Gasteiger partial charge in [0.25, 0.3) is 0 Å². The Kier molecular flexibility index (Phi) is 4.94. The molecular weight excluding hydrogens is 320 g/mol. The normalized spacial score (nSPS) is 16.6. The Balaban J connectivity index is 1.57. The average Bonchev–Trinajstić information content (AvgIpc) is 3.24. The van der Waals surface area contributed by atoms with E-state index in [-0.39, 0.29) is 17.8 Å². The van der Waals surface area contributed by atoms with E-state index in [1.54, 1.807) is 36.1 Å². The highest BCUT2D eigenvalue weighted by atomic mass is 16.5. The molecule has 25 heavy (non-hydrogen) atoms. The summed E-state index contributed by atoms with van der Waals surface area (Å²) in [6, 6.07) is 10.7. The smallest absolute Gasteiger partial charge is 0.219 e. The molecule has 0 saturated carbocycles. The number of likely N-dealkylation sites (tertiary alicyclic amines) is 1. The Morgan fingerprint density at radius 1 is 1.40 bits per heavy atom. The van der Waals surface area contributed by atoms with E-state index in [0.29, 0.717) is 37.4 Å².